The van der Waals surface area contributed by atoms with Crippen molar-refractivity contribution in [3.63, 3.8) is 0 Å². The second kappa shape index (κ2) is 7.24. The summed E-state index contributed by atoms with van der Waals surface area (Å²) in [7, 11) is 0. The molecule has 0 spiro atoms. The van der Waals surface area contributed by atoms with Crippen molar-refractivity contribution in [3.8, 4) is 0 Å². The van der Waals surface area contributed by atoms with E-state index >= 15 is 0 Å². The molecule has 1 aliphatic rings. The molecule has 2 heteroatoms. The fourth-order valence-corrected chi connectivity index (χ4v) is 3.12. The van der Waals surface area contributed by atoms with Crippen LogP contribution in [0.3, 0.4) is 0 Å². The van der Waals surface area contributed by atoms with E-state index in [4.69, 9.17) is 4.74 Å². The fraction of sp³-hybridized carbons (Fsp3) is 0.667. The average Bonchev–Trinajstić information content (AvgIpc) is 2.48. The molecular formula is C18H29NO. The van der Waals surface area contributed by atoms with Gasteiger partial charge in [0.15, 0.2) is 0 Å². The maximum atomic E-state index is 5.95. The first-order chi connectivity index (χ1) is 9.67. The molecular weight excluding hydrogens is 246 g/mol. The summed E-state index contributed by atoms with van der Waals surface area (Å²) in [6, 6.07) is 11.9. The van der Waals surface area contributed by atoms with Gasteiger partial charge in [0, 0.05) is 18.7 Å². The minimum atomic E-state index is 0.0589. The monoisotopic (exact) mass is 275 g/mol. The van der Waals surface area contributed by atoms with Crippen LogP contribution in [-0.4, -0.2) is 18.2 Å². The first-order valence-electron chi connectivity index (χ1n) is 8.12. The van der Waals surface area contributed by atoms with Gasteiger partial charge in [0.1, 0.15) is 0 Å². The number of nitrogens with one attached hydrogen (secondary N) is 1. The maximum absolute atomic E-state index is 5.95. The van der Waals surface area contributed by atoms with E-state index in [2.05, 4.69) is 56.4 Å². The molecule has 1 saturated heterocycles. The summed E-state index contributed by atoms with van der Waals surface area (Å²) >= 11 is 0. The van der Waals surface area contributed by atoms with E-state index in [0.717, 1.165) is 25.9 Å². The molecule has 0 aromatic heterocycles. The number of ether oxygens (including phenoxy) is 1. The summed E-state index contributed by atoms with van der Waals surface area (Å²) in [5, 5.41) is 3.88. The quantitative estimate of drug-likeness (QED) is 0.827. The summed E-state index contributed by atoms with van der Waals surface area (Å²) in [6.45, 7) is 7.62. The van der Waals surface area contributed by atoms with Gasteiger partial charge in [0.25, 0.3) is 0 Å². The van der Waals surface area contributed by atoms with E-state index in [1.54, 1.807) is 0 Å². The Bertz CT molecular complexity index is 392. The van der Waals surface area contributed by atoms with Gasteiger partial charge in [-0.15, -0.1) is 0 Å². The van der Waals surface area contributed by atoms with Crippen LogP contribution in [0.25, 0.3) is 0 Å². The van der Waals surface area contributed by atoms with E-state index in [0.29, 0.717) is 12.1 Å². The maximum Gasteiger partial charge on any atom is 0.0666 e. The van der Waals surface area contributed by atoms with Crippen LogP contribution in [0.1, 0.15) is 64.5 Å². The molecule has 3 unspecified atom stereocenters. The van der Waals surface area contributed by atoms with Crippen molar-refractivity contribution in [2.75, 3.05) is 6.61 Å². The van der Waals surface area contributed by atoms with Crippen LogP contribution in [0.5, 0.6) is 0 Å². The minimum Gasteiger partial charge on any atom is -0.375 e. The first kappa shape index (κ1) is 15.5. The van der Waals surface area contributed by atoms with Gasteiger partial charge in [-0.05, 0) is 38.2 Å². The van der Waals surface area contributed by atoms with E-state index in [-0.39, 0.29) is 5.60 Å². The lowest BCUT2D eigenvalue weighted by atomic mass is 9.88. The Morgan fingerprint density at radius 1 is 1.30 bits per heavy atom. The minimum absolute atomic E-state index is 0.0589. The molecule has 0 radical (unpaired) electrons. The molecule has 0 amide bonds. The molecule has 112 valence electrons. The third-order valence-corrected chi connectivity index (χ3v) is 4.56. The molecule has 2 nitrogen and oxygen atoms in total. The van der Waals surface area contributed by atoms with Crippen LogP contribution < -0.4 is 5.32 Å². The van der Waals surface area contributed by atoms with Crippen molar-refractivity contribution in [2.45, 2.75) is 70.6 Å². The van der Waals surface area contributed by atoms with Crippen molar-refractivity contribution in [1.82, 2.24) is 5.32 Å². The van der Waals surface area contributed by atoms with Gasteiger partial charge in [-0.3, -0.25) is 0 Å². The number of hydrogen-bond acceptors (Lipinski definition) is 2. The zero-order chi connectivity index (χ0) is 14.4. The molecule has 1 aliphatic heterocycles. The molecule has 1 heterocycles. The highest BCUT2D eigenvalue weighted by Gasteiger charge is 2.32. The van der Waals surface area contributed by atoms with Gasteiger partial charge >= 0.3 is 0 Å². The molecule has 20 heavy (non-hydrogen) atoms. The predicted molar refractivity (Wildman–Crippen MR) is 84.9 cm³/mol. The molecule has 1 aromatic rings. The smallest absolute Gasteiger partial charge is 0.0666 e. The van der Waals surface area contributed by atoms with Crippen LogP contribution in [0, 0.1) is 0 Å². The summed E-state index contributed by atoms with van der Waals surface area (Å²) in [5.74, 6) is 0. The fourth-order valence-electron chi connectivity index (χ4n) is 3.12. The number of hydrogen-bond donors (Lipinski definition) is 1. The van der Waals surface area contributed by atoms with Gasteiger partial charge in [-0.1, -0.05) is 50.6 Å². The zero-order valence-electron chi connectivity index (χ0n) is 13.2. The Labute approximate surface area is 123 Å². The van der Waals surface area contributed by atoms with E-state index in [1.807, 2.05) is 0 Å². The molecule has 2 rings (SSSR count). The number of benzene rings is 1. The largest absolute Gasteiger partial charge is 0.375 e. The standard InChI is InChI=1S/C18H29NO/c1-4-9-17(15-10-7-6-8-11-15)19-16-12-13-20-18(3,5-2)14-16/h6-8,10-11,16-17,19H,4-5,9,12-14H2,1-3H3. The van der Waals surface area contributed by atoms with Gasteiger partial charge in [0.05, 0.1) is 5.60 Å². The lowest BCUT2D eigenvalue weighted by Crippen LogP contribution is -2.46. The second-order valence-electron chi connectivity index (χ2n) is 6.26. The van der Waals surface area contributed by atoms with Crippen molar-refractivity contribution < 1.29 is 4.74 Å². The Balaban J connectivity index is 2.01. The Morgan fingerprint density at radius 3 is 2.70 bits per heavy atom. The summed E-state index contributed by atoms with van der Waals surface area (Å²) in [5.41, 5.74) is 1.47. The van der Waals surface area contributed by atoms with Crippen LogP contribution in [0.4, 0.5) is 0 Å². The van der Waals surface area contributed by atoms with Crippen LogP contribution in [0.2, 0.25) is 0 Å². The number of rotatable bonds is 6. The van der Waals surface area contributed by atoms with Crippen LogP contribution in [0.15, 0.2) is 30.3 Å². The Kier molecular flexibility index (Phi) is 5.62. The molecule has 3 atom stereocenters. The summed E-state index contributed by atoms with van der Waals surface area (Å²) in [6.07, 6.45) is 5.75. The van der Waals surface area contributed by atoms with Crippen molar-refractivity contribution >= 4 is 0 Å². The third kappa shape index (κ3) is 4.07. The highest BCUT2D eigenvalue weighted by molar-refractivity contribution is 5.19. The SMILES string of the molecule is CCCC(NC1CCOC(C)(CC)C1)c1ccccc1. The zero-order valence-corrected chi connectivity index (χ0v) is 13.2. The molecule has 1 aromatic carbocycles. The molecule has 0 bridgehead atoms. The van der Waals surface area contributed by atoms with Crippen LogP contribution in [-0.2, 0) is 4.74 Å². The van der Waals surface area contributed by atoms with Gasteiger partial charge < -0.3 is 10.1 Å². The Hall–Kier alpha value is -0.860. The lowest BCUT2D eigenvalue weighted by Gasteiger charge is -2.39. The van der Waals surface area contributed by atoms with E-state index in [1.165, 1.54) is 18.4 Å². The average molecular weight is 275 g/mol. The molecule has 0 aliphatic carbocycles. The van der Waals surface area contributed by atoms with Gasteiger partial charge in [-0.2, -0.15) is 0 Å². The molecule has 1 fully saturated rings. The predicted octanol–water partition coefficient (Wildman–Crippen LogP) is 4.47. The van der Waals surface area contributed by atoms with Gasteiger partial charge in [0.2, 0.25) is 0 Å². The molecule has 1 N–H and O–H groups in total. The van der Waals surface area contributed by atoms with E-state index < -0.39 is 0 Å². The Morgan fingerprint density at radius 2 is 2.05 bits per heavy atom. The summed E-state index contributed by atoms with van der Waals surface area (Å²) in [4.78, 5) is 0. The third-order valence-electron chi connectivity index (χ3n) is 4.56. The second-order valence-corrected chi connectivity index (χ2v) is 6.26. The van der Waals surface area contributed by atoms with E-state index in [9.17, 15) is 0 Å². The van der Waals surface area contributed by atoms with Crippen molar-refractivity contribution in [2.24, 2.45) is 0 Å². The van der Waals surface area contributed by atoms with Crippen LogP contribution >= 0.6 is 0 Å². The lowest BCUT2D eigenvalue weighted by molar-refractivity contribution is -0.0792. The topological polar surface area (TPSA) is 21.3 Å². The highest BCUT2D eigenvalue weighted by Crippen LogP contribution is 2.30. The first-order valence-corrected chi connectivity index (χ1v) is 8.12. The normalized spacial score (nSPS) is 28.2. The summed E-state index contributed by atoms with van der Waals surface area (Å²) < 4.78 is 5.95. The van der Waals surface area contributed by atoms with Crippen molar-refractivity contribution in [1.29, 1.82) is 0 Å². The van der Waals surface area contributed by atoms with Crippen molar-refractivity contribution in [3.05, 3.63) is 35.9 Å². The molecule has 0 saturated carbocycles. The highest BCUT2D eigenvalue weighted by atomic mass is 16.5. The van der Waals surface area contributed by atoms with Gasteiger partial charge in [-0.25, -0.2) is 0 Å².